The van der Waals surface area contributed by atoms with Crippen molar-refractivity contribution in [3.8, 4) is 21.7 Å². The molecule has 0 radical (unpaired) electrons. The quantitative estimate of drug-likeness (QED) is 0.385. The van der Waals surface area contributed by atoms with Gasteiger partial charge in [-0.3, -0.25) is 0 Å². The molecular formula is C23H17F2NS. The molecule has 0 spiro atoms. The first kappa shape index (κ1) is 17.6. The molecule has 0 aliphatic rings. The van der Waals surface area contributed by atoms with Crippen molar-refractivity contribution < 1.29 is 8.78 Å². The Kier molecular flexibility index (Phi) is 5.07. The van der Waals surface area contributed by atoms with Gasteiger partial charge in [0.25, 0.3) is 0 Å². The van der Waals surface area contributed by atoms with Crippen molar-refractivity contribution in [1.82, 2.24) is 4.98 Å². The highest BCUT2D eigenvalue weighted by Gasteiger charge is 2.08. The fourth-order valence-corrected chi connectivity index (χ4v) is 3.85. The number of hydrogen-bond acceptors (Lipinski definition) is 2. The van der Waals surface area contributed by atoms with Crippen molar-refractivity contribution >= 4 is 11.3 Å². The van der Waals surface area contributed by atoms with Crippen molar-refractivity contribution in [1.29, 1.82) is 0 Å². The van der Waals surface area contributed by atoms with Gasteiger partial charge in [-0.2, -0.15) is 0 Å². The molecule has 0 unspecified atom stereocenters. The summed E-state index contributed by atoms with van der Waals surface area (Å²) in [6, 6.07) is 21.2. The Bertz CT molecular complexity index is 1040. The summed E-state index contributed by atoms with van der Waals surface area (Å²) < 4.78 is 27.5. The molecule has 4 aromatic rings. The lowest BCUT2D eigenvalue weighted by atomic mass is 10.0. The Hall–Kier alpha value is -2.85. The molecule has 134 valence electrons. The maximum Gasteiger partial charge on any atom is 0.131 e. The van der Waals surface area contributed by atoms with E-state index in [2.05, 4.69) is 10.4 Å². The molecule has 0 saturated carbocycles. The second kappa shape index (κ2) is 7.80. The third-order valence-electron chi connectivity index (χ3n) is 4.43. The first-order valence-corrected chi connectivity index (χ1v) is 9.61. The molecule has 1 aromatic heterocycles. The van der Waals surface area contributed by atoms with Crippen LogP contribution in [0.15, 0.2) is 78.2 Å². The van der Waals surface area contributed by atoms with Crippen LogP contribution in [0.3, 0.4) is 0 Å². The monoisotopic (exact) mass is 377 g/mol. The zero-order valence-corrected chi connectivity index (χ0v) is 15.3. The molecule has 0 aliphatic carbocycles. The average molecular weight is 377 g/mol. The van der Waals surface area contributed by atoms with Crippen LogP contribution in [0.5, 0.6) is 0 Å². The maximum absolute atomic E-state index is 14.5. The predicted molar refractivity (Wildman–Crippen MR) is 107 cm³/mol. The number of aryl methyl sites for hydroxylation is 2. The second-order valence-corrected chi connectivity index (χ2v) is 7.19. The van der Waals surface area contributed by atoms with Crippen LogP contribution < -0.4 is 0 Å². The molecular weight excluding hydrogens is 360 g/mol. The Morgan fingerprint density at radius 2 is 1.56 bits per heavy atom. The third kappa shape index (κ3) is 4.12. The molecule has 4 heteroatoms. The van der Waals surface area contributed by atoms with Crippen molar-refractivity contribution in [3.63, 3.8) is 0 Å². The van der Waals surface area contributed by atoms with Crippen molar-refractivity contribution in [2.24, 2.45) is 0 Å². The lowest BCUT2D eigenvalue weighted by Crippen LogP contribution is -1.94. The normalized spacial score (nSPS) is 10.9. The van der Waals surface area contributed by atoms with Crippen LogP contribution in [0, 0.1) is 11.6 Å². The minimum Gasteiger partial charge on any atom is -0.241 e. The highest BCUT2D eigenvalue weighted by molar-refractivity contribution is 7.13. The Morgan fingerprint density at radius 3 is 2.30 bits per heavy atom. The van der Waals surface area contributed by atoms with E-state index in [-0.39, 0.29) is 11.6 Å². The van der Waals surface area contributed by atoms with Gasteiger partial charge in [0, 0.05) is 16.5 Å². The number of thiazole rings is 1. The van der Waals surface area contributed by atoms with Crippen LogP contribution in [0.25, 0.3) is 21.7 Å². The Labute approximate surface area is 161 Å². The largest absolute Gasteiger partial charge is 0.241 e. The number of hydrogen-bond donors (Lipinski definition) is 0. The molecule has 0 atom stereocenters. The molecule has 1 heterocycles. The smallest absolute Gasteiger partial charge is 0.131 e. The number of benzene rings is 3. The highest BCUT2D eigenvalue weighted by atomic mass is 32.1. The minimum absolute atomic E-state index is 0.289. The molecule has 27 heavy (non-hydrogen) atoms. The molecule has 0 amide bonds. The van der Waals surface area contributed by atoms with Crippen LogP contribution in [0.4, 0.5) is 8.78 Å². The molecule has 3 aromatic carbocycles. The van der Waals surface area contributed by atoms with Crippen molar-refractivity contribution in [2.45, 2.75) is 12.8 Å². The van der Waals surface area contributed by atoms with Gasteiger partial charge in [0.2, 0.25) is 0 Å². The molecule has 4 rings (SSSR count). The van der Waals surface area contributed by atoms with Crippen molar-refractivity contribution in [2.75, 3.05) is 0 Å². The van der Waals surface area contributed by atoms with Gasteiger partial charge in [0.05, 0.1) is 5.69 Å². The zero-order valence-electron chi connectivity index (χ0n) is 14.5. The molecule has 1 nitrogen and oxygen atoms in total. The van der Waals surface area contributed by atoms with Crippen LogP contribution in [0.2, 0.25) is 0 Å². The molecule has 0 N–H and O–H groups in total. The van der Waals surface area contributed by atoms with Gasteiger partial charge in [-0.1, -0.05) is 54.6 Å². The fraction of sp³-hybridized carbons (Fsp3) is 0.0870. The van der Waals surface area contributed by atoms with E-state index in [0.29, 0.717) is 11.1 Å². The summed E-state index contributed by atoms with van der Waals surface area (Å²) in [7, 11) is 0. The Balaban J connectivity index is 1.45. The summed E-state index contributed by atoms with van der Waals surface area (Å²) >= 11 is 1.63. The summed E-state index contributed by atoms with van der Waals surface area (Å²) in [4.78, 5) is 4.68. The topological polar surface area (TPSA) is 12.9 Å². The van der Waals surface area contributed by atoms with E-state index in [4.69, 9.17) is 0 Å². The van der Waals surface area contributed by atoms with Gasteiger partial charge < -0.3 is 0 Å². The van der Waals surface area contributed by atoms with Crippen LogP contribution in [-0.4, -0.2) is 4.98 Å². The summed E-state index contributed by atoms with van der Waals surface area (Å²) in [6.07, 6.45) is 1.48. The second-order valence-electron chi connectivity index (χ2n) is 6.33. The number of aromatic nitrogens is 1. The number of nitrogens with zero attached hydrogens (tertiary/aromatic N) is 1. The number of halogens is 2. The lowest BCUT2D eigenvalue weighted by Gasteiger charge is -2.06. The van der Waals surface area contributed by atoms with Crippen LogP contribution in [0.1, 0.15) is 11.3 Å². The van der Waals surface area contributed by atoms with Gasteiger partial charge in [0.15, 0.2) is 0 Å². The summed E-state index contributed by atoms with van der Waals surface area (Å²) in [5.41, 5.74) is 4.21. The van der Waals surface area contributed by atoms with E-state index in [0.717, 1.165) is 34.7 Å². The fourth-order valence-electron chi connectivity index (χ4n) is 2.99. The summed E-state index contributed by atoms with van der Waals surface area (Å²) in [5, 5.41) is 3.06. The first-order valence-electron chi connectivity index (χ1n) is 8.73. The van der Waals surface area contributed by atoms with Gasteiger partial charge >= 0.3 is 0 Å². The van der Waals surface area contributed by atoms with E-state index >= 15 is 0 Å². The van der Waals surface area contributed by atoms with Crippen LogP contribution in [-0.2, 0) is 12.8 Å². The highest BCUT2D eigenvalue weighted by Crippen LogP contribution is 2.26. The standard InChI is InChI=1S/C23H17F2NS/c24-19-10-8-17(9-11-19)21-13-7-16(14-22(21)25)6-12-20-15-27-23(26-20)18-4-2-1-3-5-18/h1-5,7-11,13-15H,6,12H2. The van der Waals surface area contributed by atoms with E-state index in [9.17, 15) is 8.78 Å². The third-order valence-corrected chi connectivity index (χ3v) is 5.37. The van der Waals surface area contributed by atoms with Crippen LogP contribution >= 0.6 is 11.3 Å². The van der Waals surface area contributed by atoms with Crippen molar-refractivity contribution in [3.05, 3.63) is 101 Å². The summed E-state index contributed by atoms with van der Waals surface area (Å²) in [6.45, 7) is 0. The maximum atomic E-state index is 14.5. The summed E-state index contributed by atoms with van der Waals surface area (Å²) in [5.74, 6) is -0.615. The lowest BCUT2D eigenvalue weighted by molar-refractivity contribution is 0.624. The SMILES string of the molecule is Fc1ccc(-c2ccc(CCc3csc(-c4ccccc4)n3)cc2F)cc1. The molecule has 0 bridgehead atoms. The zero-order chi connectivity index (χ0) is 18.6. The number of rotatable bonds is 5. The van der Waals surface area contributed by atoms with E-state index in [1.165, 1.54) is 12.1 Å². The van der Waals surface area contributed by atoms with Gasteiger partial charge in [-0.25, -0.2) is 13.8 Å². The van der Waals surface area contributed by atoms with E-state index in [1.54, 1.807) is 35.6 Å². The molecule has 0 aliphatic heterocycles. The van der Waals surface area contributed by atoms with Gasteiger partial charge in [0.1, 0.15) is 16.6 Å². The van der Waals surface area contributed by atoms with E-state index < -0.39 is 0 Å². The minimum atomic E-state index is -0.325. The Morgan fingerprint density at radius 1 is 0.778 bits per heavy atom. The predicted octanol–water partition coefficient (Wildman–Crippen LogP) is 6.54. The molecule has 0 fully saturated rings. The average Bonchev–Trinajstić information content (AvgIpc) is 3.17. The molecule has 0 saturated heterocycles. The first-order chi connectivity index (χ1) is 13.2. The van der Waals surface area contributed by atoms with Gasteiger partial charge in [-0.05, 0) is 42.2 Å². The van der Waals surface area contributed by atoms with Gasteiger partial charge in [-0.15, -0.1) is 11.3 Å². The van der Waals surface area contributed by atoms with E-state index in [1.807, 2.05) is 36.4 Å².